The van der Waals surface area contributed by atoms with Gasteiger partial charge in [0.2, 0.25) is 0 Å². The topological polar surface area (TPSA) is 46.8 Å². The number of rotatable bonds is 1. The van der Waals surface area contributed by atoms with Gasteiger partial charge in [-0.3, -0.25) is 0 Å². The van der Waals surface area contributed by atoms with Gasteiger partial charge in [-0.25, -0.2) is 0 Å². The van der Waals surface area contributed by atoms with Crippen LogP contribution in [0.3, 0.4) is 0 Å². The Labute approximate surface area is 111 Å². The van der Waals surface area contributed by atoms with Crippen molar-refractivity contribution < 1.29 is 0 Å². The Bertz CT molecular complexity index is 297. The van der Waals surface area contributed by atoms with Crippen LogP contribution in [0.1, 0.15) is 46.6 Å². The second kappa shape index (κ2) is 7.46. The SMILES string of the molecule is CC.CC.CN1CC2CC(n3ncnn3)CC2C1. The second-order valence-corrected chi connectivity index (χ2v) is 4.62. The largest absolute Gasteiger partial charge is 0.306 e. The molecule has 0 aromatic carbocycles. The summed E-state index contributed by atoms with van der Waals surface area (Å²) in [6.07, 6.45) is 3.98. The van der Waals surface area contributed by atoms with Crippen LogP contribution in [0.15, 0.2) is 6.33 Å². The van der Waals surface area contributed by atoms with Gasteiger partial charge >= 0.3 is 0 Å². The minimum Gasteiger partial charge on any atom is -0.306 e. The molecule has 2 aliphatic rings. The molecule has 0 amide bonds. The van der Waals surface area contributed by atoms with Gasteiger partial charge in [0.25, 0.3) is 0 Å². The van der Waals surface area contributed by atoms with Crippen LogP contribution >= 0.6 is 0 Å². The smallest absolute Gasteiger partial charge is 0.162 e. The molecule has 1 aromatic rings. The van der Waals surface area contributed by atoms with E-state index in [0.717, 1.165) is 11.8 Å². The predicted molar refractivity (Wildman–Crippen MR) is 73.3 cm³/mol. The molecule has 0 bridgehead atoms. The maximum absolute atomic E-state index is 4.13. The molecule has 0 radical (unpaired) electrons. The van der Waals surface area contributed by atoms with Gasteiger partial charge in [0.1, 0.15) is 0 Å². The van der Waals surface area contributed by atoms with E-state index in [0.29, 0.717) is 6.04 Å². The van der Waals surface area contributed by atoms with E-state index in [1.165, 1.54) is 32.3 Å². The number of aromatic nitrogens is 4. The molecule has 18 heavy (non-hydrogen) atoms. The fraction of sp³-hybridized carbons (Fsp3) is 0.923. The van der Waals surface area contributed by atoms with Crippen LogP contribution in [0.25, 0.3) is 0 Å². The summed E-state index contributed by atoms with van der Waals surface area (Å²) in [4.78, 5) is 4.22. The lowest BCUT2D eigenvalue weighted by atomic mass is 10.0. The van der Waals surface area contributed by atoms with Gasteiger partial charge in [-0.1, -0.05) is 27.7 Å². The van der Waals surface area contributed by atoms with Crippen LogP contribution < -0.4 is 0 Å². The number of tetrazole rings is 1. The van der Waals surface area contributed by atoms with Crippen molar-refractivity contribution in [1.82, 2.24) is 25.1 Å². The Morgan fingerprint density at radius 3 is 2.00 bits per heavy atom. The molecule has 2 fully saturated rings. The van der Waals surface area contributed by atoms with Gasteiger partial charge in [0, 0.05) is 13.1 Å². The monoisotopic (exact) mass is 253 g/mol. The number of nitrogens with zero attached hydrogens (tertiary/aromatic N) is 5. The highest BCUT2D eigenvalue weighted by molar-refractivity contribution is 4.92. The maximum Gasteiger partial charge on any atom is 0.162 e. The Balaban J connectivity index is 0.000000371. The lowest BCUT2D eigenvalue weighted by Crippen LogP contribution is -2.18. The van der Waals surface area contributed by atoms with Gasteiger partial charge in [-0.2, -0.15) is 4.80 Å². The van der Waals surface area contributed by atoms with Crippen molar-refractivity contribution in [2.24, 2.45) is 11.8 Å². The van der Waals surface area contributed by atoms with Gasteiger partial charge in [-0.15, -0.1) is 10.2 Å². The molecule has 1 aromatic heterocycles. The molecule has 1 saturated carbocycles. The quantitative estimate of drug-likeness (QED) is 0.770. The summed E-state index contributed by atoms with van der Waals surface area (Å²) in [6.45, 7) is 10.5. The molecule has 2 atom stereocenters. The number of likely N-dealkylation sites (tertiary alicyclic amines) is 1. The van der Waals surface area contributed by atoms with E-state index in [-0.39, 0.29) is 0 Å². The lowest BCUT2D eigenvalue weighted by Gasteiger charge is -2.12. The number of hydrogen-bond donors (Lipinski definition) is 0. The van der Waals surface area contributed by atoms with Crippen LogP contribution in [0.4, 0.5) is 0 Å². The summed E-state index contributed by atoms with van der Waals surface area (Å²) in [6, 6.07) is 0.501. The number of fused-ring (bicyclic) bond motifs is 1. The third-order valence-electron chi connectivity index (χ3n) is 3.60. The second-order valence-electron chi connectivity index (χ2n) is 4.62. The van der Waals surface area contributed by atoms with Crippen molar-refractivity contribution in [3.8, 4) is 0 Å². The first-order chi connectivity index (χ1) is 8.83. The number of hydrogen-bond acceptors (Lipinski definition) is 4. The van der Waals surface area contributed by atoms with Crippen LogP contribution in [0.2, 0.25) is 0 Å². The third-order valence-corrected chi connectivity index (χ3v) is 3.60. The van der Waals surface area contributed by atoms with E-state index in [1.54, 1.807) is 4.80 Å². The molecule has 2 heterocycles. The molecule has 5 heteroatoms. The molecule has 0 spiro atoms. The lowest BCUT2D eigenvalue weighted by molar-refractivity contribution is 0.325. The minimum absolute atomic E-state index is 0.501. The molecule has 104 valence electrons. The molecule has 0 N–H and O–H groups in total. The van der Waals surface area contributed by atoms with Crippen molar-refractivity contribution in [2.75, 3.05) is 20.1 Å². The zero-order valence-electron chi connectivity index (χ0n) is 12.4. The average Bonchev–Trinajstić information content (AvgIpc) is 3.08. The Kier molecular flexibility index (Phi) is 6.25. The fourth-order valence-corrected chi connectivity index (χ4v) is 3.03. The van der Waals surface area contributed by atoms with Gasteiger partial charge in [0.15, 0.2) is 6.33 Å². The van der Waals surface area contributed by atoms with Gasteiger partial charge < -0.3 is 4.90 Å². The van der Waals surface area contributed by atoms with Gasteiger partial charge in [-0.05, 0) is 36.9 Å². The van der Waals surface area contributed by atoms with Crippen molar-refractivity contribution in [3.05, 3.63) is 6.33 Å². The Morgan fingerprint density at radius 2 is 1.56 bits per heavy atom. The molecule has 2 unspecified atom stereocenters. The van der Waals surface area contributed by atoms with Crippen LogP contribution in [-0.4, -0.2) is 45.2 Å². The van der Waals surface area contributed by atoms with Crippen molar-refractivity contribution in [1.29, 1.82) is 0 Å². The third kappa shape index (κ3) is 3.28. The van der Waals surface area contributed by atoms with Crippen LogP contribution in [0, 0.1) is 11.8 Å². The molecule has 5 nitrogen and oxygen atoms in total. The highest BCUT2D eigenvalue weighted by atomic mass is 15.6. The van der Waals surface area contributed by atoms with Crippen molar-refractivity contribution in [2.45, 2.75) is 46.6 Å². The highest BCUT2D eigenvalue weighted by Gasteiger charge is 2.40. The van der Waals surface area contributed by atoms with Crippen LogP contribution in [0.5, 0.6) is 0 Å². The van der Waals surface area contributed by atoms with Gasteiger partial charge in [0.05, 0.1) is 6.04 Å². The van der Waals surface area contributed by atoms with Crippen molar-refractivity contribution in [3.63, 3.8) is 0 Å². The van der Waals surface area contributed by atoms with E-state index >= 15 is 0 Å². The summed E-state index contributed by atoms with van der Waals surface area (Å²) in [7, 11) is 2.21. The van der Waals surface area contributed by atoms with Crippen molar-refractivity contribution >= 4 is 0 Å². The Morgan fingerprint density at radius 1 is 1.00 bits per heavy atom. The summed E-state index contributed by atoms with van der Waals surface area (Å²) in [5, 5.41) is 11.9. The normalized spacial score (nSPS) is 29.9. The highest BCUT2D eigenvalue weighted by Crippen LogP contribution is 2.42. The first kappa shape index (κ1) is 15.1. The summed E-state index contributed by atoms with van der Waals surface area (Å²) in [5.41, 5.74) is 0. The molecule has 1 aliphatic carbocycles. The minimum atomic E-state index is 0.501. The summed E-state index contributed by atoms with van der Waals surface area (Å²) >= 11 is 0. The fourth-order valence-electron chi connectivity index (χ4n) is 3.03. The van der Waals surface area contributed by atoms with E-state index in [1.807, 2.05) is 27.7 Å². The molecular formula is C13H27N5. The maximum atomic E-state index is 4.13. The summed E-state index contributed by atoms with van der Waals surface area (Å²) in [5.74, 6) is 1.71. The van der Waals surface area contributed by atoms with E-state index < -0.39 is 0 Å². The summed E-state index contributed by atoms with van der Waals surface area (Å²) < 4.78 is 0. The first-order valence-corrected chi connectivity index (χ1v) is 7.24. The molecule has 1 saturated heterocycles. The molecule has 1 aliphatic heterocycles. The van der Waals surface area contributed by atoms with E-state index in [2.05, 4.69) is 27.4 Å². The average molecular weight is 253 g/mol. The first-order valence-electron chi connectivity index (χ1n) is 7.24. The van der Waals surface area contributed by atoms with Crippen LogP contribution in [-0.2, 0) is 0 Å². The molecule has 3 rings (SSSR count). The zero-order chi connectivity index (χ0) is 13.5. The standard InChI is InChI=1S/C9H15N5.2C2H6/c1-13-4-7-2-9(3-8(7)5-13)14-11-6-10-12-14;2*1-2/h6-9H,2-5H2,1H3;2*1-2H3. The molecular weight excluding hydrogens is 226 g/mol. The zero-order valence-corrected chi connectivity index (χ0v) is 12.4. The van der Waals surface area contributed by atoms with E-state index in [4.69, 9.17) is 0 Å². The van der Waals surface area contributed by atoms with E-state index in [9.17, 15) is 0 Å². The Hall–Kier alpha value is -0.970. The predicted octanol–water partition coefficient (Wildman–Crippen LogP) is 2.24.